The quantitative estimate of drug-likeness (QED) is 0.728. The second-order valence-corrected chi connectivity index (χ2v) is 6.18. The van der Waals surface area contributed by atoms with E-state index < -0.39 is 11.5 Å². The highest BCUT2D eigenvalue weighted by atomic mass is 16.4. The zero-order chi connectivity index (χ0) is 17.8. The van der Waals surface area contributed by atoms with Crippen LogP contribution in [0.3, 0.4) is 0 Å². The molecule has 0 aliphatic carbocycles. The van der Waals surface area contributed by atoms with Crippen molar-refractivity contribution < 1.29 is 9.21 Å². The molecule has 2 aromatic carbocycles. The molecule has 1 amide bonds. The molecule has 0 bridgehead atoms. The first-order valence-electron chi connectivity index (χ1n) is 8.08. The largest absolute Gasteiger partial charge is 0.422 e. The van der Waals surface area contributed by atoms with Gasteiger partial charge in [-0.15, -0.1) is 0 Å². The second kappa shape index (κ2) is 7.32. The predicted octanol–water partition coefficient (Wildman–Crippen LogP) is 2.83. The Hall–Kier alpha value is -2.92. The Morgan fingerprint density at radius 3 is 2.48 bits per heavy atom. The van der Waals surface area contributed by atoms with Gasteiger partial charge in [0.2, 0.25) is 0 Å². The van der Waals surface area contributed by atoms with Crippen LogP contribution in [0.2, 0.25) is 0 Å². The van der Waals surface area contributed by atoms with Crippen molar-refractivity contribution in [1.82, 2.24) is 10.2 Å². The van der Waals surface area contributed by atoms with Gasteiger partial charge in [-0.05, 0) is 31.8 Å². The topological polar surface area (TPSA) is 62.6 Å². The summed E-state index contributed by atoms with van der Waals surface area (Å²) in [4.78, 5) is 26.8. The number of nitrogens with zero attached hydrogens (tertiary/aromatic N) is 1. The van der Waals surface area contributed by atoms with Crippen LogP contribution >= 0.6 is 0 Å². The van der Waals surface area contributed by atoms with Gasteiger partial charge in [0.05, 0.1) is 6.04 Å². The molecular formula is C20H20N2O3. The Kier molecular flexibility index (Phi) is 4.95. The van der Waals surface area contributed by atoms with E-state index >= 15 is 0 Å². The molecule has 1 N–H and O–H groups in total. The van der Waals surface area contributed by atoms with E-state index in [0.717, 1.165) is 10.9 Å². The van der Waals surface area contributed by atoms with Gasteiger partial charge in [0.25, 0.3) is 5.91 Å². The molecule has 5 heteroatoms. The Labute approximate surface area is 145 Å². The van der Waals surface area contributed by atoms with Crippen molar-refractivity contribution in [2.45, 2.75) is 6.04 Å². The first-order chi connectivity index (χ1) is 12.0. The van der Waals surface area contributed by atoms with Crippen LogP contribution < -0.4 is 10.9 Å². The van der Waals surface area contributed by atoms with Crippen LogP contribution in [-0.2, 0) is 0 Å². The average molecular weight is 336 g/mol. The number of likely N-dealkylation sites (N-methyl/N-ethyl adjacent to an activating group) is 1. The summed E-state index contributed by atoms with van der Waals surface area (Å²) in [7, 11) is 3.87. The minimum absolute atomic E-state index is 0.0124. The van der Waals surface area contributed by atoms with Gasteiger partial charge in [-0.25, -0.2) is 4.79 Å². The van der Waals surface area contributed by atoms with E-state index in [4.69, 9.17) is 4.42 Å². The standard InChI is InChI=1S/C20H20N2O3/c1-22(2)13-17(14-8-4-3-5-9-14)21-19(23)16-12-15-10-6-7-11-18(15)25-20(16)24/h3-12,17H,13H2,1-2H3,(H,21,23)/t17-/m1/s1. The summed E-state index contributed by atoms with van der Waals surface area (Å²) in [6.07, 6.45) is 0. The third-order valence-electron chi connectivity index (χ3n) is 3.94. The van der Waals surface area contributed by atoms with Crippen LogP contribution in [0.25, 0.3) is 11.0 Å². The van der Waals surface area contributed by atoms with E-state index in [1.54, 1.807) is 18.2 Å². The van der Waals surface area contributed by atoms with E-state index in [1.807, 2.05) is 61.5 Å². The van der Waals surface area contributed by atoms with Crippen molar-refractivity contribution in [3.8, 4) is 0 Å². The molecule has 0 spiro atoms. The Morgan fingerprint density at radius 2 is 1.76 bits per heavy atom. The van der Waals surface area contributed by atoms with Gasteiger partial charge in [-0.3, -0.25) is 4.79 Å². The van der Waals surface area contributed by atoms with Crippen molar-refractivity contribution >= 4 is 16.9 Å². The highest BCUT2D eigenvalue weighted by molar-refractivity contribution is 5.96. The number of carbonyl (C=O) groups excluding carboxylic acids is 1. The van der Waals surface area contributed by atoms with E-state index in [2.05, 4.69) is 5.32 Å². The van der Waals surface area contributed by atoms with Crippen LogP contribution in [0.1, 0.15) is 22.0 Å². The summed E-state index contributed by atoms with van der Waals surface area (Å²) in [6.45, 7) is 0.620. The van der Waals surface area contributed by atoms with Crippen LogP contribution in [-0.4, -0.2) is 31.4 Å². The molecule has 3 aromatic rings. The average Bonchev–Trinajstić information content (AvgIpc) is 2.61. The van der Waals surface area contributed by atoms with Crippen LogP contribution in [0, 0.1) is 0 Å². The van der Waals surface area contributed by atoms with Gasteiger partial charge < -0.3 is 14.6 Å². The molecule has 0 saturated heterocycles. The predicted molar refractivity (Wildman–Crippen MR) is 97.7 cm³/mol. The molecule has 25 heavy (non-hydrogen) atoms. The van der Waals surface area contributed by atoms with Crippen molar-refractivity contribution in [3.63, 3.8) is 0 Å². The first-order valence-corrected chi connectivity index (χ1v) is 8.08. The number of rotatable bonds is 5. The monoisotopic (exact) mass is 336 g/mol. The number of amides is 1. The molecule has 3 rings (SSSR count). The highest BCUT2D eigenvalue weighted by Gasteiger charge is 2.19. The summed E-state index contributed by atoms with van der Waals surface area (Å²) >= 11 is 0. The zero-order valence-corrected chi connectivity index (χ0v) is 14.2. The number of nitrogens with one attached hydrogen (secondary N) is 1. The van der Waals surface area contributed by atoms with E-state index in [1.165, 1.54) is 0 Å². The lowest BCUT2D eigenvalue weighted by Crippen LogP contribution is -2.37. The van der Waals surface area contributed by atoms with Gasteiger partial charge >= 0.3 is 5.63 Å². The molecule has 0 aliphatic rings. The second-order valence-electron chi connectivity index (χ2n) is 6.18. The third kappa shape index (κ3) is 3.95. The number of hydrogen-bond acceptors (Lipinski definition) is 4. The number of benzene rings is 2. The number of fused-ring (bicyclic) bond motifs is 1. The highest BCUT2D eigenvalue weighted by Crippen LogP contribution is 2.16. The van der Waals surface area contributed by atoms with Crippen LogP contribution in [0.15, 0.2) is 69.9 Å². The molecule has 1 heterocycles. The van der Waals surface area contributed by atoms with E-state index in [-0.39, 0.29) is 11.6 Å². The smallest absolute Gasteiger partial charge is 0.349 e. The Bertz CT molecular complexity index is 932. The molecule has 128 valence electrons. The lowest BCUT2D eigenvalue weighted by atomic mass is 10.1. The molecule has 0 unspecified atom stereocenters. The van der Waals surface area contributed by atoms with Crippen LogP contribution in [0.5, 0.6) is 0 Å². The lowest BCUT2D eigenvalue weighted by Gasteiger charge is -2.22. The number of hydrogen-bond donors (Lipinski definition) is 1. The molecule has 0 radical (unpaired) electrons. The van der Waals surface area contributed by atoms with Crippen LogP contribution in [0.4, 0.5) is 0 Å². The molecule has 1 aromatic heterocycles. The van der Waals surface area contributed by atoms with Gasteiger partial charge in [0, 0.05) is 11.9 Å². The Morgan fingerprint density at radius 1 is 1.08 bits per heavy atom. The minimum Gasteiger partial charge on any atom is -0.422 e. The number of carbonyl (C=O) groups is 1. The zero-order valence-electron chi connectivity index (χ0n) is 14.2. The first kappa shape index (κ1) is 16.9. The maximum atomic E-state index is 12.7. The maximum Gasteiger partial charge on any atom is 0.349 e. The third-order valence-corrected chi connectivity index (χ3v) is 3.94. The molecular weight excluding hydrogens is 316 g/mol. The summed E-state index contributed by atoms with van der Waals surface area (Å²) in [5.41, 5.74) is 0.831. The minimum atomic E-state index is -0.632. The summed E-state index contributed by atoms with van der Waals surface area (Å²) < 4.78 is 5.26. The summed E-state index contributed by atoms with van der Waals surface area (Å²) in [5.74, 6) is -0.435. The fourth-order valence-electron chi connectivity index (χ4n) is 2.74. The summed E-state index contributed by atoms with van der Waals surface area (Å²) in [5, 5.41) is 3.66. The molecule has 1 atom stereocenters. The fourth-order valence-corrected chi connectivity index (χ4v) is 2.74. The van der Waals surface area contributed by atoms with Crippen molar-refractivity contribution in [2.24, 2.45) is 0 Å². The van der Waals surface area contributed by atoms with Crippen molar-refractivity contribution in [2.75, 3.05) is 20.6 Å². The van der Waals surface area contributed by atoms with Gasteiger partial charge in [0.15, 0.2) is 0 Å². The van der Waals surface area contributed by atoms with Crippen molar-refractivity contribution in [1.29, 1.82) is 0 Å². The van der Waals surface area contributed by atoms with E-state index in [0.29, 0.717) is 12.1 Å². The van der Waals surface area contributed by atoms with Gasteiger partial charge in [-0.2, -0.15) is 0 Å². The molecule has 0 saturated carbocycles. The van der Waals surface area contributed by atoms with Gasteiger partial charge in [0.1, 0.15) is 11.1 Å². The molecule has 0 aliphatic heterocycles. The molecule has 5 nitrogen and oxygen atoms in total. The fraction of sp³-hybridized carbons (Fsp3) is 0.200. The van der Waals surface area contributed by atoms with E-state index in [9.17, 15) is 9.59 Å². The van der Waals surface area contributed by atoms with Gasteiger partial charge in [-0.1, -0.05) is 48.5 Å². The number of para-hydroxylation sites is 1. The Balaban J connectivity index is 1.91. The van der Waals surface area contributed by atoms with Crippen molar-refractivity contribution in [3.05, 3.63) is 82.2 Å². The SMILES string of the molecule is CN(C)C[C@@H](NC(=O)c1cc2ccccc2oc1=O)c1ccccc1. The maximum absolute atomic E-state index is 12.7. The summed E-state index contributed by atoms with van der Waals surface area (Å²) in [6, 6.07) is 18.2. The lowest BCUT2D eigenvalue weighted by molar-refractivity contribution is 0.0926. The normalized spacial score (nSPS) is 12.3. The molecule has 0 fully saturated rings.